The molecule has 0 fully saturated rings. The molecule has 0 radical (unpaired) electrons. The maximum atomic E-state index is 11.1. The molecule has 0 bridgehead atoms. The van der Waals surface area contributed by atoms with Crippen LogP contribution in [0.4, 0.5) is 5.69 Å². The van der Waals surface area contributed by atoms with E-state index in [4.69, 9.17) is 5.11 Å². The third-order valence-corrected chi connectivity index (χ3v) is 2.81. The molecule has 8 nitrogen and oxygen atoms in total. The van der Waals surface area contributed by atoms with Crippen molar-refractivity contribution in [1.82, 2.24) is 20.0 Å². The first kappa shape index (κ1) is 12.0. The molecule has 1 aliphatic rings. The number of nitrogens with zero attached hydrogens (tertiary/aromatic N) is 3. The highest BCUT2D eigenvalue weighted by Crippen LogP contribution is 2.29. The molecule has 94 valence electrons. The average Bonchev–Trinajstić information content (AvgIpc) is 2.47. The van der Waals surface area contributed by atoms with Crippen LogP contribution in [0.15, 0.2) is 6.20 Å². The molecular weight excluding hydrogens is 228 g/mol. The van der Waals surface area contributed by atoms with Crippen LogP contribution in [0.3, 0.4) is 0 Å². The standard InChI is InChI=1S/C9H14N4O4/c1-11-5-7-6(8(11)9(14)15)3-4-12(2)10-13(7,16)17/h5,10,16-17H,3-4H2,1-2H3/p+1. The Bertz CT molecular complexity index is 468. The van der Waals surface area contributed by atoms with Gasteiger partial charge in [-0.05, 0) is 12.0 Å². The summed E-state index contributed by atoms with van der Waals surface area (Å²) in [6.45, 7) is 0.471. The molecule has 2 heterocycles. The Morgan fingerprint density at radius 1 is 1.47 bits per heavy atom. The first-order valence-electron chi connectivity index (χ1n) is 5.08. The molecule has 0 amide bonds. The van der Waals surface area contributed by atoms with Gasteiger partial charge in [0.25, 0.3) is 0 Å². The van der Waals surface area contributed by atoms with Crippen LogP contribution in [0.1, 0.15) is 16.1 Å². The minimum atomic E-state index is -1.55. The predicted octanol–water partition coefficient (Wildman–Crippen LogP) is -0.283. The van der Waals surface area contributed by atoms with Gasteiger partial charge in [0.1, 0.15) is 5.69 Å². The Balaban J connectivity index is 2.59. The van der Waals surface area contributed by atoms with Gasteiger partial charge in [0.15, 0.2) is 0 Å². The van der Waals surface area contributed by atoms with Gasteiger partial charge in [-0.1, -0.05) is 0 Å². The highest BCUT2D eigenvalue weighted by molar-refractivity contribution is 5.89. The van der Waals surface area contributed by atoms with Crippen molar-refractivity contribution in [3.63, 3.8) is 0 Å². The summed E-state index contributed by atoms with van der Waals surface area (Å²) in [7, 11) is 3.20. The topological polar surface area (TPSA) is 98.0 Å². The molecule has 0 atom stereocenters. The van der Waals surface area contributed by atoms with E-state index in [1.54, 1.807) is 14.1 Å². The molecule has 0 aliphatic carbocycles. The van der Waals surface area contributed by atoms with E-state index >= 15 is 0 Å². The summed E-state index contributed by atoms with van der Waals surface area (Å²) in [4.78, 5) is 9.59. The van der Waals surface area contributed by atoms with E-state index in [-0.39, 0.29) is 11.4 Å². The third-order valence-electron chi connectivity index (χ3n) is 2.81. The van der Waals surface area contributed by atoms with Crippen molar-refractivity contribution in [2.75, 3.05) is 13.6 Å². The van der Waals surface area contributed by atoms with Gasteiger partial charge in [-0.2, -0.15) is 15.4 Å². The summed E-state index contributed by atoms with van der Waals surface area (Å²) in [5, 5.41) is 30.3. The summed E-state index contributed by atoms with van der Waals surface area (Å²) >= 11 is 0. The van der Waals surface area contributed by atoms with E-state index in [9.17, 15) is 15.2 Å². The lowest BCUT2D eigenvalue weighted by Crippen LogP contribution is -2.59. The number of rotatable bonds is 1. The van der Waals surface area contributed by atoms with Gasteiger partial charge in [0, 0.05) is 20.6 Å². The van der Waals surface area contributed by atoms with Crippen LogP contribution >= 0.6 is 0 Å². The van der Waals surface area contributed by atoms with Gasteiger partial charge in [0.2, 0.25) is 5.69 Å². The molecule has 0 aromatic carbocycles. The van der Waals surface area contributed by atoms with Gasteiger partial charge < -0.3 is 9.67 Å². The Kier molecular flexibility index (Phi) is 2.68. The summed E-state index contributed by atoms with van der Waals surface area (Å²) in [6, 6.07) is 0. The quantitative estimate of drug-likeness (QED) is 0.506. The van der Waals surface area contributed by atoms with Crippen LogP contribution in [0.5, 0.6) is 0 Å². The van der Waals surface area contributed by atoms with E-state index in [2.05, 4.69) is 5.53 Å². The number of carbonyl (C=O) groups is 1. The lowest BCUT2D eigenvalue weighted by atomic mass is 10.1. The average molecular weight is 243 g/mol. The normalized spacial score (nSPS) is 19.8. The van der Waals surface area contributed by atoms with Gasteiger partial charge in [-0.3, -0.25) is 0 Å². The number of aromatic nitrogens is 1. The van der Waals surface area contributed by atoms with Crippen LogP contribution < -0.4 is 10.5 Å². The summed E-state index contributed by atoms with van der Waals surface area (Å²) in [5.41, 5.74) is 3.04. The van der Waals surface area contributed by atoms with Gasteiger partial charge in [-0.15, -0.1) is 0 Å². The van der Waals surface area contributed by atoms with E-state index in [1.165, 1.54) is 15.8 Å². The minimum absolute atomic E-state index is 0.0719. The first-order chi connectivity index (χ1) is 7.83. The molecule has 0 saturated heterocycles. The van der Waals surface area contributed by atoms with Crippen molar-refractivity contribution in [2.45, 2.75) is 6.42 Å². The molecule has 0 saturated carbocycles. The zero-order valence-electron chi connectivity index (χ0n) is 9.58. The number of hydrogen-bond acceptors (Lipinski definition) is 5. The second kappa shape index (κ2) is 3.79. The Labute approximate surface area is 97.3 Å². The molecule has 8 heteroatoms. The number of hydrogen-bond donors (Lipinski definition) is 4. The van der Waals surface area contributed by atoms with Crippen molar-refractivity contribution < 1.29 is 20.3 Å². The number of likely N-dealkylation sites (N-methyl/N-ethyl adjacent to an activating group) is 1. The monoisotopic (exact) mass is 243 g/mol. The zero-order valence-corrected chi connectivity index (χ0v) is 9.58. The number of carboxylic acid groups (broad SMARTS) is 1. The number of hydrazine groups is 1. The predicted molar refractivity (Wildman–Crippen MR) is 57.2 cm³/mol. The van der Waals surface area contributed by atoms with Crippen molar-refractivity contribution in [2.24, 2.45) is 7.05 Å². The van der Waals surface area contributed by atoms with E-state index in [0.29, 0.717) is 18.5 Å². The molecule has 2 rings (SSSR count). The van der Waals surface area contributed by atoms with Crippen LogP contribution in [0.25, 0.3) is 0 Å². The van der Waals surface area contributed by atoms with Gasteiger partial charge in [-0.25, -0.2) is 4.79 Å². The zero-order chi connectivity index (χ0) is 12.8. The SMILES string of the molecule is CN1CCc2c(cn(C)c2C(=O)O)[N+](O)(O)N1. The second-order valence-electron chi connectivity index (χ2n) is 4.13. The van der Waals surface area contributed by atoms with Crippen molar-refractivity contribution in [3.8, 4) is 0 Å². The molecule has 1 aliphatic heterocycles. The van der Waals surface area contributed by atoms with Gasteiger partial charge in [0.05, 0.1) is 16.7 Å². The molecule has 1 aromatic rings. The molecule has 0 unspecified atom stereocenters. The lowest BCUT2D eigenvalue weighted by molar-refractivity contribution is -0.349. The third kappa shape index (κ3) is 1.92. The maximum Gasteiger partial charge on any atom is 0.353 e. The smallest absolute Gasteiger partial charge is 0.353 e. The van der Waals surface area contributed by atoms with Crippen molar-refractivity contribution in [1.29, 1.82) is 0 Å². The molecule has 4 N–H and O–H groups in total. The first-order valence-corrected chi connectivity index (χ1v) is 5.08. The maximum absolute atomic E-state index is 11.1. The number of aryl methyl sites for hydroxylation is 1. The van der Waals surface area contributed by atoms with Crippen LogP contribution in [-0.4, -0.2) is 44.7 Å². The number of carboxylic acids is 1. The summed E-state index contributed by atoms with van der Waals surface area (Å²) in [5.74, 6) is -1.08. The number of quaternary nitrogens is 1. The van der Waals surface area contributed by atoms with Crippen LogP contribution in [0, 0.1) is 0 Å². The highest BCUT2D eigenvalue weighted by atomic mass is 16.9. The Morgan fingerprint density at radius 2 is 2.12 bits per heavy atom. The fourth-order valence-corrected chi connectivity index (χ4v) is 2.08. The number of fused-ring (bicyclic) bond motifs is 1. The number of aromatic carboxylic acids is 1. The Hall–Kier alpha value is -1.45. The second-order valence-corrected chi connectivity index (χ2v) is 4.13. The summed E-state index contributed by atoms with van der Waals surface area (Å²) < 4.78 is 1.37. The van der Waals surface area contributed by atoms with Crippen LogP contribution in [-0.2, 0) is 13.5 Å². The lowest BCUT2D eigenvalue weighted by Gasteiger charge is -2.22. The van der Waals surface area contributed by atoms with E-state index in [0.717, 1.165) is 0 Å². The van der Waals surface area contributed by atoms with E-state index < -0.39 is 10.9 Å². The highest BCUT2D eigenvalue weighted by Gasteiger charge is 2.39. The fraction of sp³-hybridized carbons (Fsp3) is 0.444. The fourth-order valence-electron chi connectivity index (χ4n) is 2.08. The molecular formula is C9H15N4O4+. The number of nitrogens with one attached hydrogen (secondary N) is 1. The van der Waals surface area contributed by atoms with Crippen molar-refractivity contribution >= 4 is 11.7 Å². The molecule has 0 spiro atoms. The van der Waals surface area contributed by atoms with Gasteiger partial charge >= 0.3 is 5.97 Å². The van der Waals surface area contributed by atoms with E-state index in [1.807, 2.05) is 0 Å². The molecule has 17 heavy (non-hydrogen) atoms. The summed E-state index contributed by atoms with van der Waals surface area (Å²) in [6.07, 6.45) is 1.81. The minimum Gasteiger partial charge on any atom is -0.477 e. The Morgan fingerprint density at radius 3 is 2.71 bits per heavy atom. The van der Waals surface area contributed by atoms with Crippen LogP contribution in [0.2, 0.25) is 0 Å². The van der Waals surface area contributed by atoms with Crippen molar-refractivity contribution in [3.05, 3.63) is 17.5 Å². The largest absolute Gasteiger partial charge is 0.477 e. The molecule has 1 aromatic heterocycles.